The first-order valence-corrected chi connectivity index (χ1v) is 12.5. The molecule has 0 saturated carbocycles. The van der Waals surface area contributed by atoms with Gasteiger partial charge in [-0.15, -0.1) is 21.5 Å². The minimum absolute atomic E-state index is 0.121. The maximum Gasteiger partial charge on any atom is 0.228 e. The summed E-state index contributed by atoms with van der Waals surface area (Å²) in [5, 5.41) is 10.4. The molecule has 1 saturated heterocycles. The van der Waals surface area contributed by atoms with Crippen molar-refractivity contribution in [3.8, 4) is 0 Å². The molecule has 1 fully saturated rings. The maximum absolute atomic E-state index is 12.6. The van der Waals surface area contributed by atoms with Crippen LogP contribution in [-0.4, -0.2) is 63.2 Å². The second-order valence-corrected chi connectivity index (χ2v) is 11.5. The first-order chi connectivity index (χ1) is 13.9. The van der Waals surface area contributed by atoms with Crippen LogP contribution in [0.2, 0.25) is 0 Å². The third-order valence-corrected chi connectivity index (χ3v) is 8.97. The number of aromatic nitrogens is 3. The Bertz CT molecular complexity index is 960. The molecule has 2 aromatic rings. The highest BCUT2D eigenvalue weighted by Gasteiger charge is 2.34. The van der Waals surface area contributed by atoms with Crippen molar-refractivity contribution in [1.29, 1.82) is 0 Å². The van der Waals surface area contributed by atoms with Crippen LogP contribution < -0.4 is 0 Å². The lowest BCUT2D eigenvalue weighted by Crippen LogP contribution is -2.42. The molecule has 2 aromatic heterocycles. The van der Waals surface area contributed by atoms with Crippen LogP contribution in [-0.2, 0) is 34.3 Å². The SMILES string of the molecule is CC(C)S(=O)(=O)N1CCC(c2nnc3n2CCN(C(=O)Cc2cccs2)C3)CC1. The molecule has 10 heteroatoms. The standard InChI is InChI=1S/C19H27N5O3S2/c1-14(2)29(26,27)23-7-5-15(6-8-23)19-21-20-17-13-22(9-10-24(17)19)18(25)12-16-4-3-11-28-16/h3-4,11,14-15H,5-10,12-13H2,1-2H3. The van der Waals surface area contributed by atoms with E-state index in [1.54, 1.807) is 29.5 Å². The molecule has 0 spiro atoms. The first kappa shape index (κ1) is 20.5. The van der Waals surface area contributed by atoms with Gasteiger partial charge in [0.1, 0.15) is 5.82 Å². The number of hydrogen-bond acceptors (Lipinski definition) is 6. The van der Waals surface area contributed by atoms with E-state index in [1.165, 1.54) is 0 Å². The number of thiophene rings is 1. The van der Waals surface area contributed by atoms with Crippen LogP contribution in [0.25, 0.3) is 0 Å². The highest BCUT2D eigenvalue weighted by atomic mass is 32.2. The van der Waals surface area contributed by atoms with Crippen LogP contribution in [0.15, 0.2) is 17.5 Å². The summed E-state index contributed by atoms with van der Waals surface area (Å²) < 4.78 is 28.5. The van der Waals surface area contributed by atoms with Gasteiger partial charge in [0.05, 0.1) is 18.2 Å². The second kappa shape index (κ2) is 8.16. The highest BCUT2D eigenvalue weighted by molar-refractivity contribution is 7.89. The van der Waals surface area contributed by atoms with Crippen LogP contribution in [0.3, 0.4) is 0 Å². The lowest BCUT2D eigenvalue weighted by Gasteiger charge is -2.33. The quantitative estimate of drug-likeness (QED) is 0.712. The molecule has 158 valence electrons. The smallest absolute Gasteiger partial charge is 0.228 e. The molecule has 0 bridgehead atoms. The van der Waals surface area contributed by atoms with Crippen molar-refractivity contribution in [3.05, 3.63) is 34.0 Å². The van der Waals surface area contributed by atoms with Gasteiger partial charge in [-0.05, 0) is 38.1 Å². The van der Waals surface area contributed by atoms with Gasteiger partial charge in [0, 0.05) is 37.0 Å². The number of nitrogens with zero attached hydrogens (tertiary/aromatic N) is 5. The Hall–Kier alpha value is -1.78. The molecule has 0 atom stereocenters. The summed E-state index contributed by atoms with van der Waals surface area (Å²) in [6.45, 7) is 6.33. The fraction of sp³-hybridized carbons (Fsp3) is 0.632. The van der Waals surface area contributed by atoms with E-state index < -0.39 is 15.3 Å². The lowest BCUT2D eigenvalue weighted by atomic mass is 9.97. The van der Waals surface area contributed by atoms with Crippen LogP contribution in [0.1, 0.15) is 49.1 Å². The maximum atomic E-state index is 12.6. The Labute approximate surface area is 175 Å². The molecule has 8 nitrogen and oxygen atoms in total. The Morgan fingerprint density at radius 3 is 2.62 bits per heavy atom. The molecule has 4 heterocycles. The number of hydrogen-bond donors (Lipinski definition) is 0. The van der Waals surface area contributed by atoms with E-state index in [4.69, 9.17) is 0 Å². The van der Waals surface area contributed by atoms with Crippen LogP contribution in [0, 0.1) is 0 Å². The predicted octanol–water partition coefficient (Wildman–Crippen LogP) is 1.84. The van der Waals surface area contributed by atoms with Crippen LogP contribution in [0.5, 0.6) is 0 Å². The molecule has 4 rings (SSSR count). The van der Waals surface area contributed by atoms with Crippen molar-refractivity contribution in [3.63, 3.8) is 0 Å². The number of sulfonamides is 1. The van der Waals surface area contributed by atoms with E-state index in [-0.39, 0.29) is 11.8 Å². The molecule has 0 N–H and O–H groups in total. The van der Waals surface area contributed by atoms with Gasteiger partial charge in [0.2, 0.25) is 15.9 Å². The second-order valence-electron chi connectivity index (χ2n) is 7.96. The van der Waals surface area contributed by atoms with Crippen molar-refractivity contribution in [1.82, 2.24) is 24.0 Å². The minimum Gasteiger partial charge on any atom is -0.333 e. The Kier molecular flexibility index (Phi) is 5.76. The van der Waals surface area contributed by atoms with Crippen molar-refractivity contribution in [2.45, 2.75) is 57.4 Å². The molecule has 0 unspecified atom stereocenters. The third-order valence-electron chi connectivity index (χ3n) is 5.81. The minimum atomic E-state index is -3.20. The van der Waals surface area contributed by atoms with Crippen LogP contribution in [0.4, 0.5) is 0 Å². The fourth-order valence-corrected chi connectivity index (χ4v) is 6.05. The van der Waals surface area contributed by atoms with E-state index in [2.05, 4.69) is 14.8 Å². The van der Waals surface area contributed by atoms with Gasteiger partial charge < -0.3 is 9.47 Å². The van der Waals surface area contributed by atoms with Gasteiger partial charge >= 0.3 is 0 Å². The summed E-state index contributed by atoms with van der Waals surface area (Å²) in [4.78, 5) is 15.5. The number of carbonyl (C=O) groups is 1. The summed E-state index contributed by atoms with van der Waals surface area (Å²) in [5.41, 5.74) is 0. The largest absolute Gasteiger partial charge is 0.333 e. The zero-order valence-corrected chi connectivity index (χ0v) is 18.5. The lowest BCUT2D eigenvalue weighted by molar-refractivity contribution is -0.131. The monoisotopic (exact) mass is 437 g/mol. The summed E-state index contributed by atoms with van der Waals surface area (Å²) >= 11 is 1.60. The molecule has 0 aromatic carbocycles. The number of carbonyl (C=O) groups excluding carboxylic acids is 1. The number of fused-ring (bicyclic) bond motifs is 1. The van der Waals surface area contributed by atoms with Crippen molar-refractivity contribution in [2.75, 3.05) is 19.6 Å². The van der Waals surface area contributed by atoms with E-state index >= 15 is 0 Å². The summed E-state index contributed by atoms with van der Waals surface area (Å²) in [6, 6.07) is 3.95. The van der Waals surface area contributed by atoms with E-state index in [0.29, 0.717) is 39.1 Å². The molecular formula is C19H27N5O3S2. The number of piperidine rings is 1. The van der Waals surface area contributed by atoms with Gasteiger partial charge in [-0.1, -0.05) is 6.07 Å². The zero-order valence-electron chi connectivity index (χ0n) is 16.8. The van der Waals surface area contributed by atoms with E-state index in [9.17, 15) is 13.2 Å². The summed E-state index contributed by atoms with van der Waals surface area (Å²) in [6.07, 6.45) is 1.94. The number of rotatable bonds is 5. The molecule has 0 aliphatic carbocycles. The third kappa shape index (κ3) is 4.10. The molecule has 29 heavy (non-hydrogen) atoms. The van der Waals surface area contributed by atoms with Crippen molar-refractivity contribution in [2.24, 2.45) is 0 Å². The molecular weight excluding hydrogens is 410 g/mol. The predicted molar refractivity (Wildman–Crippen MR) is 111 cm³/mol. The first-order valence-electron chi connectivity index (χ1n) is 10.1. The summed E-state index contributed by atoms with van der Waals surface area (Å²) in [5.74, 6) is 2.09. The highest BCUT2D eigenvalue weighted by Crippen LogP contribution is 2.30. The van der Waals surface area contributed by atoms with Crippen molar-refractivity contribution >= 4 is 27.3 Å². The van der Waals surface area contributed by atoms with E-state index in [1.807, 2.05) is 22.4 Å². The zero-order chi connectivity index (χ0) is 20.6. The topological polar surface area (TPSA) is 88.4 Å². The van der Waals surface area contributed by atoms with Gasteiger partial charge in [-0.3, -0.25) is 4.79 Å². The van der Waals surface area contributed by atoms with Gasteiger partial charge in [0.25, 0.3) is 0 Å². The normalized spacial score (nSPS) is 18.9. The van der Waals surface area contributed by atoms with Crippen molar-refractivity contribution < 1.29 is 13.2 Å². The van der Waals surface area contributed by atoms with E-state index in [0.717, 1.165) is 29.4 Å². The average molecular weight is 438 g/mol. The molecule has 1 amide bonds. The number of amides is 1. The van der Waals surface area contributed by atoms with Gasteiger partial charge in [0.15, 0.2) is 5.82 Å². The Morgan fingerprint density at radius 1 is 1.21 bits per heavy atom. The van der Waals surface area contributed by atoms with Gasteiger partial charge in [-0.25, -0.2) is 12.7 Å². The Morgan fingerprint density at radius 2 is 1.97 bits per heavy atom. The molecule has 0 radical (unpaired) electrons. The molecule has 2 aliphatic rings. The summed E-state index contributed by atoms with van der Waals surface area (Å²) in [7, 11) is -3.20. The van der Waals surface area contributed by atoms with Gasteiger partial charge in [-0.2, -0.15) is 0 Å². The fourth-order valence-electron chi connectivity index (χ4n) is 4.04. The Balaban J connectivity index is 1.39. The molecule has 2 aliphatic heterocycles. The average Bonchev–Trinajstić information content (AvgIpc) is 3.37. The van der Waals surface area contributed by atoms with Crippen LogP contribution >= 0.6 is 11.3 Å².